The lowest BCUT2D eigenvalue weighted by Gasteiger charge is -2.41. The Labute approximate surface area is 121 Å². The highest BCUT2D eigenvalue weighted by atomic mass is 16.6. The molecular formula is C17H25NO2. The monoisotopic (exact) mass is 275 g/mol. The summed E-state index contributed by atoms with van der Waals surface area (Å²) >= 11 is 0. The molecular weight excluding hydrogens is 250 g/mol. The van der Waals surface area contributed by atoms with Crippen LogP contribution < -0.4 is 0 Å². The van der Waals surface area contributed by atoms with Crippen LogP contribution in [0.5, 0.6) is 0 Å². The van der Waals surface area contributed by atoms with Crippen LogP contribution in [-0.4, -0.2) is 29.7 Å². The Bertz CT molecular complexity index is 482. The number of hydrogen-bond donors (Lipinski definition) is 0. The molecule has 1 fully saturated rings. The summed E-state index contributed by atoms with van der Waals surface area (Å²) in [4.78, 5) is 13.7. The molecule has 0 radical (unpaired) electrons. The second kappa shape index (κ2) is 5.47. The first-order chi connectivity index (χ1) is 9.28. The fourth-order valence-electron chi connectivity index (χ4n) is 2.56. The van der Waals surface area contributed by atoms with E-state index in [2.05, 4.69) is 38.1 Å². The molecule has 1 saturated heterocycles. The van der Waals surface area contributed by atoms with Gasteiger partial charge in [0.25, 0.3) is 0 Å². The quantitative estimate of drug-likeness (QED) is 0.811. The minimum atomic E-state index is -0.419. The SMILES string of the molecule is CC(C)c1ccccc1C1CN(C(=O)OC(C)(C)C)C1. The van der Waals surface area contributed by atoms with Crippen LogP contribution >= 0.6 is 0 Å². The largest absolute Gasteiger partial charge is 0.444 e. The van der Waals surface area contributed by atoms with E-state index in [0.29, 0.717) is 11.8 Å². The van der Waals surface area contributed by atoms with Gasteiger partial charge in [0.1, 0.15) is 5.60 Å². The zero-order valence-corrected chi connectivity index (χ0v) is 13.1. The predicted molar refractivity (Wildman–Crippen MR) is 81.1 cm³/mol. The molecule has 110 valence electrons. The van der Waals surface area contributed by atoms with Crippen LogP contribution in [0.3, 0.4) is 0 Å². The molecule has 2 rings (SSSR count). The highest BCUT2D eigenvalue weighted by Gasteiger charge is 2.35. The van der Waals surface area contributed by atoms with E-state index in [4.69, 9.17) is 4.74 Å². The number of rotatable bonds is 2. The van der Waals surface area contributed by atoms with Crippen molar-refractivity contribution in [2.75, 3.05) is 13.1 Å². The summed E-state index contributed by atoms with van der Waals surface area (Å²) in [7, 11) is 0. The molecule has 0 unspecified atom stereocenters. The third-order valence-corrected chi connectivity index (χ3v) is 3.59. The average molecular weight is 275 g/mol. The van der Waals surface area contributed by atoms with Crippen molar-refractivity contribution in [2.24, 2.45) is 0 Å². The van der Waals surface area contributed by atoms with E-state index in [1.165, 1.54) is 11.1 Å². The van der Waals surface area contributed by atoms with Gasteiger partial charge in [-0.25, -0.2) is 4.79 Å². The number of amides is 1. The molecule has 1 aliphatic heterocycles. The van der Waals surface area contributed by atoms with Crippen molar-refractivity contribution in [3.63, 3.8) is 0 Å². The Kier molecular flexibility index (Phi) is 4.07. The first-order valence-corrected chi connectivity index (χ1v) is 7.34. The van der Waals surface area contributed by atoms with Crippen LogP contribution in [-0.2, 0) is 4.74 Å². The molecule has 1 amide bonds. The fourth-order valence-corrected chi connectivity index (χ4v) is 2.56. The van der Waals surface area contributed by atoms with Gasteiger partial charge in [0, 0.05) is 19.0 Å². The first-order valence-electron chi connectivity index (χ1n) is 7.34. The Morgan fingerprint density at radius 3 is 2.40 bits per heavy atom. The van der Waals surface area contributed by atoms with Gasteiger partial charge in [-0.2, -0.15) is 0 Å². The van der Waals surface area contributed by atoms with Crippen LogP contribution in [0.25, 0.3) is 0 Å². The summed E-state index contributed by atoms with van der Waals surface area (Å²) in [5.41, 5.74) is 2.35. The molecule has 1 aliphatic rings. The third-order valence-electron chi connectivity index (χ3n) is 3.59. The second-order valence-corrected chi connectivity index (χ2v) is 6.87. The number of benzene rings is 1. The molecule has 1 aromatic rings. The van der Waals surface area contributed by atoms with Crippen molar-refractivity contribution in [3.05, 3.63) is 35.4 Å². The number of carbonyl (C=O) groups excluding carboxylic acids is 1. The molecule has 0 spiro atoms. The first kappa shape index (κ1) is 14.9. The summed E-state index contributed by atoms with van der Waals surface area (Å²) in [5, 5.41) is 0. The minimum Gasteiger partial charge on any atom is -0.444 e. The van der Waals surface area contributed by atoms with Gasteiger partial charge in [0.05, 0.1) is 0 Å². The van der Waals surface area contributed by atoms with Gasteiger partial charge in [-0.3, -0.25) is 0 Å². The molecule has 3 nitrogen and oxygen atoms in total. The van der Waals surface area contributed by atoms with E-state index in [0.717, 1.165) is 13.1 Å². The topological polar surface area (TPSA) is 29.5 Å². The summed E-state index contributed by atoms with van der Waals surface area (Å²) in [6.07, 6.45) is -0.198. The van der Waals surface area contributed by atoms with Gasteiger partial charge in [-0.05, 0) is 37.8 Å². The molecule has 0 saturated carbocycles. The Morgan fingerprint density at radius 2 is 1.85 bits per heavy atom. The number of carbonyl (C=O) groups is 1. The summed E-state index contributed by atoms with van der Waals surface area (Å²) in [6.45, 7) is 11.6. The number of nitrogens with zero attached hydrogens (tertiary/aromatic N) is 1. The van der Waals surface area contributed by atoms with Gasteiger partial charge in [-0.1, -0.05) is 38.1 Å². The standard InChI is InChI=1S/C17H25NO2/c1-12(2)14-8-6-7-9-15(14)13-10-18(11-13)16(19)20-17(3,4)5/h6-9,12-13H,10-11H2,1-5H3. The minimum absolute atomic E-state index is 0.198. The lowest BCUT2D eigenvalue weighted by Crippen LogP contribution is -2.50. The number of likely N-dealkylation sites (tertiary alicyclic amines) is 1. The molecule has 1 aromatic carbocycles. The van der Waals surface area contributed by atoms with Gasteiger partial charge in [-0.15, -0.1) is 0 Å². The lowest BCUT2D eigenvalue weighted by molar-refractivity contribution is 0.00811. The van der Waals surface area contributed by atoms with E-state index < -0.39 is 5.60 Å². The second-order valence-electron chi connectivity index (χ2n) is 6.87. The summed E-state index contributed by atoms with van der Waals surface area (Å²) in [6, 6.07) is 8.54. The zero-order chi connectivity index (χ0) is 14.9. The lowest BCUT2D eigenvalue weighted by atomic mass is 9.85. The van der Waals surface area contributed by atoms with Gasteiger partial charge in [0.15, 0.2) is 0 Å². The van der Waals surface area contributed by atoms with Gasteiger partial charge in [0.2, 0.25) is 0 Å². The molecule has 0 bridgehead atoms. The molecule has 3 heteroatoms. The van der Waals surface area contributed by atoms with Crippen LogP contribution in [0.15, 0.2) is 24.3 Å². The average Bonchev–Trinajstić information content (AvgIpc) is 2.24. The van der Waals surface area contributed by atoms with E-state index in [-0.39, 0.29) is 6.09 Å². The third kappa shape index (κ3) is 3.33. The van der Waals surface area contributed by atoms with Crippen LogP contribution in [0.2, 0.25) is 0 Å². The van der Waals surface area contributed by atoms with Crippen molar-refractivity contribution in [1.82, 2.24) is 4.90 Å². The van der Waals surface area contributed by atoms with Gasteiger partial charge >= 0.3 is 6.09 Å². The van der Waals surface area contributed by atoms with Crippen molar-refractivity contribution in [3.8, 4) is 0 Å². The van der Waals surface area contributed by atoms with E-state index in [9.17, 15) is 4.79 Å². The molecule has 0 N–H and O–H groups in total. The highest BCUT2D eigenvalue weighted by molar-refractivity contribution is 5.69. The van der Waals surface area contributed by atoms with Crippen molar-refractivity contribution < 1.29 is 9.53 Å². The van der Waals surface area contributed by atoms with Crippen LogP contribution in [0, 0.1) is 0 Å². The maximum absolute atomic E-state index is 11.9. The van der Waals surface area contributed by atoms with E-state index in [1.54, 1.807) is 4.90 Å². The summed E-state index contributed by atoms with van der Waals surface area (Å²) in [5.74, 6) is 0.961. The zero-order valence-electron chi connectivity index (χ0n) is 13.1. The molecule has 0 aromatic heterocycles. The molecule has 1 heterocycles. The van der Waals surface area contributed by atoms with Crippen LogP contribution in [0.1, 0.15) is 57.6 Å². The summed E-state index contributed by atoms with van der Waals surface area (Å²) < 4.78 is 5.39. The van der Waals surface area contributed by atoms with E-state index in [1.807, 2.05) is 20.8 Å². The Balaban J connectivity index is 1.99. The molecule has 0 atom stereocenters. The van der Waals surface area contributed by atoms with Crippen molar-refractivity contribution >= 4 is 6.09 Å². The van der Waals surface area contributed by atoms with E-state index >= 15 is 0 Å². The number of ether oxygens (including phenoxy) is 1. The molecule has 20 heavy (non-hydrogen) atoms. The highest BCUT2D eigenvalue weighted by Crippen LogP contribution is 2.33. The Morgan fingerprint density at radius 1 is 1.25 bits per heavy atom. The normalized spacial score (nSPS) is 16.2. The smallest absolute Gasteiger partial charge is 0.410 e. The fraction of sp³-hybridized carbons (Fsp3) is 0.588. The Hall–Kier alpha value is -1.51. The van der Waals surface area contributed by atoms with Gasteiger partial charge < -0.3 is 9.64 Å². The maximum atomic E-state index is 11.9. The molecule has 0 aliphatic carbocycles. The van der Waals surface area contributed by atoms with Crippen LogP contribution in [0.4, 0.5) is 4.79 Å². The maximum Gasteiger partial charge on any atom is 0.410 e. The number of hydrogen-bond acceptors (Lipinski definition) is 2. The van der Waals surface area contributed by atoms with Crippen molar-refractivity contribution in [2.45, 2.75) is 52.1 Å². The predicted octanol–water partition coefficient (Wildman–Crippen LogP) is 4.14. The van der Waals surface area contributed by atoms with Crippen molar-refractivity contribution in [1.29, 1.82) is 0 Å².